The molecule has 1 aromatic carbocycles. The summed E-state index contributed by atoms with van der Waals surface area (Å²) in [6, 6.07) is 6.55. The highest BCUT2D eigenvalue weighted by Gasteiger charge is 1.99. The van der Waals surface area contributed by atoms with Crippen LogP contribution in [0.15, 0.2) is 24.3 Å². The number of ether oxygens (including phenoxy) is 1. The third-order valence-electron chi connectivity index (χ3n) is 1.36. The monoisotopic (exact) mass is 305 g/mol. The van der Waals surface area contributed by atoms with Gasteiger partial charge in [-0.15, -0.1) is 0 Å². The number of rotatable bonds is 2. The van der Waals surface area contributed by atoms with Crippen molar-refractivity contribution < 1.29 is 14.3 Å². The van der Waals surface area contributed by atoms with Gasteiger partial charge in [-0.1, -0.05) is 0 Å². The lowest BCUT2D eigenvalue weighted by atomic mass is 10.3. The van der Waals surface area contributed by atoms with Gasteiger partial charge in [-0.25, -0.2) is 0 Å². The van der Waals surface area contributed by atoms with Gasteiger partial charge in [0.05, 0.1) is 0 Å². The number of hydrogen-bond donors (Lipinski definition) is 1. The van der Waals surface area contributed by atoms with Crippen LogP contribution in [0.2, 0.25) is 0 Å². The lowest BCUT2D eigenvalue weighted by Crippen LogP contribution is -2.02. The molecule has 0 fully saturated rings. The molecule has 4 nitrogen and oxygen atoms in total. The number of benzene rings is 1. The zero-order chi connectivity index (χ0) is 10.6. The summed E-state index contributed by atoms with van der Waals surface area (Å²) in [6.45, 7) is 1.33. The minimum atomic E-state index is -0.365. The molecule has 0 bridgehead atoms. The number of hydrogen-bond acceptors (Lipinski definition) is 3. The highest BCUT2D eigenvalue weighted by atomic mass is 127. The fourth-order valence-corrected chi connectivity index (χ4v) is 1.20. The molecular formula is C9H8INO3. The summed E-state index contributed by atoms with van der Waals surface area (Å²) in [6.07, 6.45) is 0. The molecule has 0 aliphatic carbocycles. The van der Waals surface area contributed by atoms with E-state index in [2.05, 4.69) is 5.32 Å². The minimum absolute atomic E-state index is 0.164. The predicted molar refractivity (Wildman–Crippen MR) is 60.8 cm³/mol. The zero-order valence-electron chi connectivity index (χ0n) is 7.41. The molecule has 0 aliphatic rings. The van der Waals surface area contributed by atoms with Gasteiger partial charge >= 0.3 is 5.97 Å². The summed E-state index contributed by atoms with van der Waals surface area (Å²) in [5.74, 6) is 0.0969. The van der Waals surface area contributed by atoms with Crippen LogP contribution in [0.1, 0.15) is 6.92 Å². The lowest BCUT2D eigenvalue weighted by molar-refractivity contribution is -0.131. The Hall–Kier alpha value is -1.11. The van der Waals surface area contributed by atoms with Crippen LogP contribution in [0.25, 0.3) is 0 Å². The average molecular weight is 305 g/mol. The van der Waals surface area contributed by atoms with E-state index < -0.39 is 0 Å². The van der Waals surface area contributed by atoms with Crippen molar-refractivity contribution in [1.29, 1.82) is 0 Å². The van der Waals surface area contributed by atoms with Gasteiger partial charge in [0, 0.05) is 35.2 Å². The Morgan fingerprint density at radius 1 is 1.29 bits per heavy atom. The molecule has 0 atom stereocenters. The van der Waals surface area contributed by atoms with E-state index in [1.165, 1.54) is 6.92 Å². The van der Waals surface area contributed by atoms with Gasteiger partial charge in [-0.05, 0) is 24.3 Å². The first-order valence-corrected chi connectivity index (χ1v) is 4.91. The van der Waals surface area contributed by atoms with Crippen molar-refractivity contribution in [3.05, 3.63) is 24.3 Å². The van der Waals surface area contributed by atoms with Crippen molar-refractivity contribution in [1.82, 2.24) is 0 Å². The molecule has 1 aromatic rings. The van der Waals surface area contributed by atoms with Crippen molar-refractivity contribution in [3.8, 4) is 5.75 Å². The largest absolute Gasteiger partial charge is 0.427 e. The van der Waals surface area contributed by atoms with E-state index >= 15 is 0 Å². The number of anilines is 1. The maximum Gasteiger partial charge on any atom is 0.308 e. The van der Waals surface area contributed by atoms with Crippen LogP contribution < -0.4 is 10.1 Å². The predicted octanol–water partition coefficient (Wildman–Crippen LogP) is 2.58. The SMILES string of the molecule is CC(=O)Oc1ccc(NC(=O)I)cc1. The van der Waals surface area contributed by atoms with E-state index in [1.54, 1.807) is 46.9 Å². The molecule has 74 valence electrons. The number of esters is 1. The summed E-state index contributed by atoms with van der Waals surface area (Å²) >= 11 is 1.64. The lowest BCUT2D eigenvalue weighted by Gasteiger charge is -2.03. The van der Waals surface area contributed by atoms with E-state index in [0.717, 1.165) is 0 Å². The maximum atomic E-state index is 10.7. The molecule has 14 heavy (non-hydrogen) atoms. The maximum absolute atomic E-state index is 10.7. The first-order chi connectivity index (χ1) is 6.58. The average Bonchev–Trinajstić information content (AvgIpc) is 2.06. The minimum Gasteiger partial charge on any atom is -0.427 e. The van der Waals surface area contributed by atoms with Crippen molar-refractivity contribution in [2.45, 2.75) is 6.92 Å². The highest BCUT2D eigenvalue weighted by Crippen LogP contribution is 2.16. The zero-order valence-corrected chi connectivity index (χ0v) is 9.57. The van der Waals surface area contributed by atoms with Crippen molar-refractivity contribution in [2.75, 3.05) is 5.32 Å². The van der Waals surface area contributed by atoms with Gasteiger partial charge in [0.2, 0.25) is 0 Å². The number of halogens is 1. The van der Waals surface area contributed by atoms with Crippen LogP contribution in [-0.2, 0) is 4.79 Å². The summed E-state index contributed by atoms with van der Waals surface area (Å²) < 4.78 is 4.66. The Balaban J connectivity index is 2.68. The van der Waals surface area contributed by atoms with E-state index in [1.807, 2.05) is 0 Å². The molecule has 0 radical (unpaired) electrons. The van der Waals surface area contributed by atoms with Crippen LogP contribution in [-0.4, -0.2) is 9.88 Å². The fourth-order valence-electron chi connectivity index (χ4n) is 0.886. The second-order valence-corrected chi connectivity index (χ2v) is 3.50. The van der Waals surface area contributed by atoms with E-state index in [4.69, 9.17) is 4.74 Å². The molecule has 0 heterocycles. The number of carbonyl (C=O) groups excluding carboxylic acids is 2. The Morgan fingerprint density at radius 3 is 2.29 bits per heavy atom. The molecule has 0 saturated heterocycles. The number of nitrogens with one attached hydrogen (secondary N) is 1. The first kappa shape index (κ1) is 11.0. The normalized spacial score (nSPS) is 9.29. The molecule has 5 heteroatoms. The summed E-state index contributed by atoms with van der Waals surface area (Å²) in [7, 11) is 0. The molecule has 1 N–H and O–H groups in total. The Morgan fingerprint density at radius 2 is 1.86 bits per heavy atom. The van der Waals surface area contributed by atoms with Crippen molar-refractivity contribution >= 4 is 38.2 Å². The topological polar surface area (TPSA) is 55.4 Å². The standard InChI is InChI=1S/C9H8INO3/c1-6(12)14-8-4-2-7(3-5-8)11-9(10)13/h2-5H,1H3,(H,11,13). The van der Waals surface area contributed by atoms with Crippen LogP contribution >= 0.6 is 22.6 Å². The van der Waals surface area contributed by atoms with Gasteiger partial charge in [-0.3, -0.25) is 9.59 Å². The van der Waals surface area contributed by atoms with Gasteiger partial charge < -0.3 is 10.1 Å². The summed E-state index contributed by atoms with van der Waals surface area (Å²) in [5.41, 5.74) is 0.667. The molecule has 0 aliphatic heterocycles. The highest BCUT2D eigenvalue weighted by molar-refractivity contribution is 14.1. The molecule has 0 unspecified atom stereocenters. The molecule has 0 spiro atoms. The van der Waals surface area contributed by atoms with Crippen molar-refractivity contribution in [2.24, 2.45) is 0 Å². The van der Waals surface area contributed by atoms with Crippen LogP contribution in [0.3, 0.4) is 0 Å². The summed E-state index contributed by atoms with van der Waals surface area (Å²) in [4.78, 5) is 21.2. The Kier molecular flexibility index (Phi) is 3.87. The van der Waals surface area contributed by atoms with Crippen LogP contribution in [0.4, 0.5) is 10.5 Å². The summed E-state index contributed by atoms with van der Waals surface area (Å²) in [5, 5.41) is 2.59. The fraction of sp³-hybridized carbons (Fsp3) is 0.111. The molecule has 0 aromatic heterocycles. The second-order valence-electron chi connectivity index (χ2n) is 2.52. The van der Waals surface area contributed by atoms with Gasteiger partial charge in [0.1, 0.15) is 5.75 Å². The second kappa shape index (κ2) is 4.94. The smallest absolute Gasteiger partial charge is 0.308 e. The molecular weight excluding hydrogens is 297 g/mol. The van der Waals surface area contributed by atoms with Gasteiger partial charge in [0.25, 0.3) is 3.91 Å². The van der Waals surface area contributed by atoms with E-state index in [-0.39, 0.29) is 9.88 Å². The molecule has 0 saturated carbocycles. The van der Waals surface area contributed by atoms with Crippen molar-refractivity contribution in [3.63, 3.8) is 0 Å². The van der Waals surface area contributed by atoms with Crippen LogP contribution in [0.5, 0.6) is 5.75 Å². The van der Waals surface area contributed by atoms with Crippen LogP contribution in [0, 0.1) is 0 Å². The molecule has 1 rings (SSSR count). The third kappa shape index (κ3) is 3.73. The van der Waals surface area contributed by atoms with Gasteiger partial charge in [-0.2, -0.15) is 0 Å². The Labute approximate surface area is 94.8 Å². The third-order valence-corrected chi connectivity index (χ3v) is 1.63. The molecule has 1 amide bonds. The van der Waals surface area contributed by atoms with E-state index in [9.17, 15) is 9.59 Å². The quantitative estimate of drug-likeness (QED) is 0.300. The Bertz CT molecular complexity index is 313. The number of carbonyl (C=O) groups is 2. The first-order valence-electron chi connectivity index (χ1n) is 3.83. The van der Waals surface area contributed by atoms with E-state index in [0.29, 0.717) is 11.4 Å². The van der Waals surface area contributed by atoms with Gasteiger partial charge in [0.15, 0.2) is 0 Å². The number of amides is 1.